The zero-order chi connectivity index (χ0) is 12.3. The van der Waals surface area contributed by atoms with E-state index in [1.165, 1.54) is 26.2 Å². The molecule has 0 spiro atoms. The van der Waals surface area contributed by atoms with Crippen molar-refractivity contribution in [3.8, 4) is 0 Å². The number of hydrogen-bond acceptors (Lipinski definition) is 3. The first kappa shape index (κ1) is 13.2. The second-order valence-electron chi connectivity index (χ2n) is 3.78. The Morgan fingerprint density at radius 1 is 1.38 bits per heavy atom. The SMILES string of the molecule is CCC(O)c1cccc(S(=O)(=O)N(C)C)c1. The molecule has 4 nitrogen and oxygen atoms in total. The van der Waals surface area contributed by atoms with Crippen LogP contribution in [0.5, 0.6) is 0 Å². The number of benzene rings is 1. The van der Waals surface area contributed by atoms with Gasteiger partial charge in [-0.25, -0.2) is 12.7 Å². The van der Waals surface area contributed by atoms with Crippen molar-refractivity contribution in [3.63, 3.8) is 0 Å². The van der Waals surface area contributed by atoms with E-state index in [1.54, 1.807) is 12.1 Å². The molecule has 0 aromatic heterocycles. The average molecular weight is 243 g/mol. The Morgan fingerprint density at radius 3 is 2.50 bits per heavy atom. The summed E-state index contributed by atoms with van der Waals surface area (Å²) in [5.74, 6) is 0. The molecule has 0 heterocycles. The number of rotatable bonds is 4. The number of aliphatic hydroxyl groups is 1. The maximum Gasteiger partial charge on any atom is 0.242 e. The van der Waals surface area contributed by atoms with Crippen molar-refractivity contribution in [2.24, 2.45) is 0 Å². The molecule has 1 unspecified atom stereocenters. The van der Waals surface area contributed by atoms with E-state index in [-0.39, 0.29) is 4.90 Å². The molecule has 0 saturated heterocycles. The molecule has 1 aromatic rings. The molecule has 0 aliphatic carbocycles. The monoisotopic (exact) mass is 243 g/mol. The van der Waals surface area contributed by atoms with Crippen molar-refractivity contribution in [1.82, 2.24) is 4.31 Å². The van der Waals surface area contributed by atoms with Crippen LogP contribution >= 0.6 is 0 Å². The van der Waals surface area contributed by atoms with Gasteiger partial charge in [-0.3, -0.25) is 0 Å². The van der Waals surface area contributed by atoms with Crippen LogP contribution in [-0.2, 0) is 10.0 Å². The predicted molar refractivity (Wildman–Crippen MR) is 62.6 cm³/mol. The first-order valence-corrected chi connectivity index (χ1v) is 6.54. The van der Waals surface area contributed by atoms with Gasteiger partial charge in [-0.1, -0.05) is 19.1 Å². The molecule has 0 bridgehead atoms. The lowest BCUT2D eigenvalue weighted by molar-refractivity contribution is 0.173. The van der Waals surface area contributed by atoms with Gasteiger partial charge in [0.05, 0.1) is 11.0 Å². The Hall–Kier alpha value is -0.910. The fraction of sp³-hybridized carbons (Fsp3) is 0.455. The molecule has 0 fully saturated rings. The maximum absolute atomic E-state index is 11.8. The molecular weight excluding hydrogens is 226 g/mol. The molecule has 1 N–H and O–H groups in total. The van der Waals surface area contributed by atoms with Crippen LogP contribution in [0.2, 0.25) is 0 Å². The van der Waals surface area contributed by atoms with Crippen molar-refractivity contribution in [2.75, 3.05) is 14.1 Å². The van der Waals surface area contributed by atoms with Crippen molar-refractivity contribution in [1.29, 1.82) is 0 Å². The van der Waals surface area contributed by atoms with E-state index in [2.05, 4.69) is 0 Å². The summed E-state index contributed by atoms with van der Waals surface area (Å²) < 4.78 is 24.8. The maximum atomic E-state index is 11.8. The van der Waals surface area contributed by atoms with Crippen molar-refractivity contribution in [2.45, 2.75) is 24.3 Å². The quantitative estimate of drug-likeness (QED) is 0.869. The van der Waals surface area contributed by atoms with Crippen LogP contribution < -0.4 is 0 Å². The van der Waals surface area contributed by atoms with Crippen LogP contribution in [0.1, 0.15) is 25.0 Å². The Kier molecular flexibility index (Phi) is 4.07. The van der Waals surface area contributed by atoms with Crippen LogP contribution in [0, 0.1) is 0 Å². The summed E-state index contributed by atoms with van der Waals surface area (Å²) in [6.45, 7) is 1.85. The van der Waals surface area contributed by atoms with Crippen LogP contribution in [0.3, 0.4) is 0 Å². The predicted octanol–water partition coefficient (Wildman–Crippen LogP) is 1.38. The molecule has 16 heavy (non-hydrogen) atoms. The fourth-order valence-electron chi connectivity index (χ4n) is 1.33. The van der Waals surface area contributed by atoms with E-state index in [0.29, 0.717) is 12.0 Å². The highest BCUT2D eigenvalue weighted by atomic mass is 32.2. The highest BCUT2D eigenvalue weighted by Gasteiger charge is 2.18. The number of sulfonamides is 1. The van der Waals surface area contributed by atoms with Gasteiger partial charge in [0, 0.05) is 14.1 Å². The number of hydrogen-bond donors (Lipinski definition) is 1. The zero-order valence-electron chi connectivity index (χ0n) is 9.71. The smallest absolute Gasteiger partial charge is 0.242 e. The van der Waals surface area contributed by atoms with E-state index in [1.807, 2.05) is 6.92 Å². The molecule has 5 heteroatoms. The minimum absolute atomic E-state index is 0.211. The Balaban J connectivity index is 3.18. The van der Waals surface area contributed by atoms with Gasteiger partial charge in [-0.15, -0.1) is 0 Å². The summed E-state index contributed by atoms with van der Waals surface area (Å²) in [6, 6.07) is 6.41. The summed E-state index contributed by atoms with van der Waals surface area (Å²) in [5.41, 5.74) is 0.630. The van der Waals surface area contributed by atoms with Gasteiger partial charge in [-0.2, -0.15) is 0 Å². The Labute approximate surface area is 96.6 Å². The van der Waals surface area contributed by atoms with Crippen LogP contribution in [0.4, 0.5) is 0 Å². The highest BCUT2D eigenvalue weighted by Crippen LogP contribution is 2.21. The lowest BCUT2D eigenvalue weighted by atomic mass is 10.1. The van der Waals surface area contributed by atoms with Gasteiger partial charge in [0.15, 0.2) is 0 Å². The highest BCUT2D eigenvalue weighted by molar-refractivity contribution is 7.89. The van der Waals surface area contributed by atoms with Crippen LogP contribution in [0.15, 0.2) is 29.2 Å². The van der Waals surface area contributed by atoms with Crippen LogP contribution in [0.25, 0.3) is 0 Å². The summed E-state index contributed by atoms with van der Waals surface area (Å²) in [6.07, 6.45) is -0.0526. The van der Waals surface area contributed by atoms with E-state index < -0.39 is 16.1 Å². The molecule has 1 rings (SSSR count). The minimum Gasteiger partial charge on any atom is -0.388 e. The molecule has 1 atom stereocenters. The molecule has 90 valence electrons. The standard InChI is InChI=1S/C11H17NO3S/c1-4-11(13)9-6-5-7-10(8-9)16(14,15)12(2)3/h5-8,11,13H,4H2,1-3H3. The average Bonchev–Trinajstić information content (AvgIpc) is 2.28. The van der Waals surface area contributed by atoms with Gasteiger partial charge in [0.25, 0.3) is 0 Å². The minimum atomic E-state index is -3.42. The lowest BCUT2D eigenvalue weighted by Gasteiger charge is -2.13. The van der Waals surface area contributed by atoms with E-state index >= 15 is 0 Å². The van der Waals surface area contributed by atoms with Crippen molar-refractivity contribution in [3.05, 3.63) is 29.8 Å². The van der Waals surface area contributed by atoms with Gasteiger partial charge in [-0.05, 0) is 24.1 Å². The van der Waals surface area contributed by atoms with Gasteiger partial charge >= 0.3 is 0 Å². The molecular formula is C11H17NO3S. The third-order valence-corrected chi connectivity index (χ3v) is 4.22. The summed E-state index contributed by atoms with van der Waals surface area (Å²) in [5, 5.41) is 9.65. The van der Waals surface area contributed by atoms with Gasteiger partial charge in [0.1, 0.15) is 0 Å². The first-order chi connectivity index (χ1) is 7.39. The van der Waals surface area contributed by atoms with Gasteiger partial charge < -0.3 is 5.11 Å². The van der Waals surface area contributed by atoms with E-state index in [0.717, 1.165) is 4.31 Å². The summed E-state index contributed by atoms with van der Waals surface area (Å²) in [4.78, 5) is 0.211. The third kappa shape index (κ3) is 2.61. The summed E-state index contributed by atoms with van der Waals surface area (Å²) >= 11 is 0. The first-order valence-electron chi connectivity index (χ1n) is 5.10. The molecule has 0 saturated carbocycles. The Bertz CT molecular complexity index is 454. The Morgan fingerprint density at radius 2 is 2.00 bits per heavy atom. The number of aliphatic hydroxyl groups excluding tert-OH is 1. The molecule has 0 radical (unpaired) electrons. The second kappa shape index (κ2) is 4.95. The van der Waals surface area contributed by atoms with E-state index in [4.69, 9.17) is 0 Å². The normalized spacial score (nSPS) is 14.1. The van der Waals surface area contributed by atoms with Gasteiger partial charge in [0.2, 0.25) is 10.0 Å². The molecule has 1 aromatic carbocycles. The largest absolute Gasteiger partial charge is 0.388 e. The molecule has 0 amide bonds. The lowest BCUT2D eigenvalue weighted by Crippen LogP contribution is -2.22. The zero-order valence-corrected chi connectivity index (χ0v) is 10.5. The van der Waals surface area contributed by atoms with E-state index in [9.17, 15) is 13.5 Å². The molecule has 0 aliphatic rings. The fourth-order valence-corrected chi connectivity index (χ4v) is 2.29. The second-order valence-corrected chi connectivity index (χ2v) is 5.94. The number of nitrogens with zero attached hydrogens (tertiary/aromatic N) is 1. The van der Waals surface area contributed by atoms with Crippen LogP contribution in [-0.4, -0.2) is 31.9 Å². The van der Waals surface area contributed by atoms with Crippen molar-refractivity contribution >= 4 is 10.0 Å². The van der Waals surface area contributed by atoms with Crippen molar-refractivity contribution < 1.29 is 13.5 Å². The summed E-state index contributed by atoms with van der Waals surface area (Å²) in [7, 11) is -0.450. The molecule has 0 aliphatic heterocycles. The third-order valence-electron chi connectivity index (χ3n) is 2.41. The topological polar surface area (TPSA) is 57.6 Å².